The predicted molar refractivity (Wildman–Crippen MR) is 120 cm³/mol. The van der Waals surface area contributed by atoms with Gasteiger partial charge >= 0.3 is 0 Å². The summed E-state index contributed by atoms with van der Waals surface area (Å²) >= 11 is 8.37. The highest BCUT2D eigenvalue weighted by molar-refractivity contribution is 9.10. The largest absolute Gasteiger partial charge is 0.254 e. The van der Waals surface area contributed by atoms with Crippen molar-refractivity contribution in [1.29, 1.82) is 0 Å². The molecule has 0 aliphatic heterocycles. The Kier molecular flexibility index (Phi) is 7.02. The first-order valence-corrected chi connectivity index (χ1v) is 12.2. The van der Waals surface area contributed by atoms with E-state index in [2.05, 4.69) is 46.4 Å². The molecular weight excluding hydrogens is 484 g/mol. The Morgan fingerprint density at radius 3 is 2.43 bits per heavy atom. The van der Waals surface area contributed by atoms with Gasteiger partial charge in [-0.05, 0) is 73.1 Å². The molecule has 9 heteroatoms. The van der Waals surface area contributed by atoms with E-state index in [1.165, 1.54) is 12.1 Å². The van der Waals surface area contributed by atoms with Crippen LogP contribution in [0.2, 0.25) is 0 Å². The van der Waals surface area contributed by atoms with Crippen LogP contribution >= 0.6 is 51.0 Å². The second kappa shape index (κ2) is 8.95. The number of fused-ring (bicyclic) bond motifs is 1. The molecule has 2 heterocycles. The van der Waals surface area contributed by atoms with Crippen LogP contribution < -0.4 is 4.72 Å². The van der Waals surface area contributed by atoms with Crippen LogP contribution in [0, 0.1) is 11.6 Å². The van der Waals surface area contributed by atoms with Crippen molar-refractivity contribution in [1.82, 2.24) is 14.7 Å². The first-order valence-electron chi connectivity index (χ1n) is 8.54. The first kappa shape index (κ1) is 22.0. The third-order valence-corrected chi connectivity index (χ3v) is 7.34. The van der Waals surface area contributed by atoms with Gasteiger partial charge in [0.1, 0.15) is 11.6 Å². The minimum absolute atomic E-state index is 0.0331. The van der Waals surface area contributed by atoms with Crippen LogP contribution in [-0.4, -0.2) is 21.0 Å². The number of pyridine rings is 1. The molecule has 150 valence electrons. The van der Waals surface area contributed by atoms with Crippen LogP contribution in [0.5, 0.6) is 0 Å². The highest BCUT2D eigenvalue weighted by Gasteiger charge is 2.22. The first-order chi connectivity index (χ1) is 13.1. The zero-order chi connectivity index (χ0) is 20.5. The topological polar surface area (TPSA) is 37.8 Å². The molecule has 0 amide bonds. The number of hydrogen-bond donors (Lipinski definition) is 1. The Labute approximate surface area is 184 Å². The summed E-state index contributed by atoms with van der Waals surface area (Å²) in [5, 5.41) is 0. The Bertz CT molecular complexity index is 968. The fraction of sp³-hybridized carbons (Fsp3) is 0.368. The third-order valence-electron chi connectivity index (χ3n) is 3.72. The molecule has 0 aliphatic rings. The van der Waals surface area contributed by atoms with E-state index < -0.39 is 11.6 Å². The summed E-state index contributed by atoms with van der Waals surface area (Å²) < 4.78 is 33.6. The molecule has 3 nitrogen and oxygen atoms in total. The van der Waals surface area contributed by atoms with E-state index in [0.29, 0.717) is 17.6 Å². The molecule has 2 aromatic heterocycles. The maximum atomic E-state index is 13.7. The molecular formula is C19H20BrF2N3S3. The SMILES string of the molecule is CSc1nc2nc(C(Cc3cc(F)cc(F)c3)NSC(C)(C)C)c(Br)cc2s1. The van der Waals surface area contributed by atoms with Gasteiger partial charge in [0.05, 0.1) is 16.4 Å². The molecule has 1 unspecified atom stereocenters. The lowest BCUT2D eigenvalue weighted by Gasteiger charge is -2.24. The van der Waals surface area contributed by atoms with Crippen molar-refractivity contribution >= 4 is 61.3 Å². The molecule has 0 saturated heterocycles. The van der Waals surface area contributed by atoms with Crippen molar-refractivity contribution in [2.75, 3.05) is 6.26 Å². The van der Waals surface area contributed by atoms with Crippen LogP contribution in [0.3, 0.4) is 0 Å². The summed E-state index contributed by atoms with van der Waals surface area (Å²) in [5.41, 5.74) is 2.03. The number of thiazole rings is 1. The molecule has 28 heavy (non-hydrogen) atoms. The molecule has 3 rings (SSSR count). The quantitative estimate of drug-likeness (QED) is 0.296. The zero-order valence-electron chi connectivity index (χ0n) is 15.8. The van der Waals surface area contributed by atoms with Gasteiger partial charge in [0.15, 0.2) is 9.99 Å². The Balaban J connectivity index is 1.99. The monoisotopic (exact) mass is 503 g/mol. The van der Waals surface area contributed by atoms with Crippen LogP contribution in [0.1, 0.15) is 38.1 Å². The molecule has 0 radical (unpaired) electrons. The number of halogens is 3. The molecule has 0 aliphatic carbocycles. The lowest BCUT2D eigenvalue weighted by atomic mass is 10.0. The number of hydrogen-bond acceptors (Lipinski definition) is 6. The van der Waals surface area contributed by atoms with Gasteiger partial charge in [0, 0.05) is 15.3 Å². The van der Waals surface area contributed by atoms with E-state index in [9.17, 15) is 8.78 Å². The van der Waals surface area contributed by atoms with Crippen molar-refractivity contribution in [2.45, 2.75) is 42.3 Å². The van der Waals surface area contributed by atoms with E-state index in [-0.39, 0.29) is 10.8 Å². The van der Waals surface area contributed by atoms with Gasteiger partial charge in [0.2, 0.25) is 0 Å². The van der Waals surface area contributed by atoms with E-state index in [1.54, 1.807) is 35.0 Å². The van der Waals surface area contributed by atoms with E-state index in [0.717, 1.165) is 25.3 Å². The summed E-state index contributed by atoms with van der Waals surface area (Å²) in [6.45, 7) is 6.29. The number of nitrogens with one attached hydrogen (secondary N) is 1. The van der Waals surface area contributed by atoms with E-state index in [4.69, 9.17) is 4.98 Å². The van der Waals surface area contributed by atoms with Gasteiger partial charge in [-0.2, -0.15) is 0 Å². The second-order valence-electron chi connectivity index (χ2n) is 7.23. The lowest BCUT2D eigenvalue weighted by Crippen LogP contribution is -2.24. The smallest absolute Gasteiger partial charge is 0.171 e. The number of aromatic nitrogens is 2. The van der Waals surface area contributed by atoms with E-state index in [1.807, 2.05) is 12.3 Å². The number of benzene rings is 1. The van der Waals surface area contributed by atoms with Crippen molar-refractivity contribution in [2.24, 2.45) is 0 Å². The standard InChI is InChI=1S/C19H20BrF2N3S3/c1-19(2,3)28-25-14(7-10-5-11(21)8-12(22)6-10)16-13(20)9-15-17(23-16)24-18(26-4)27-15/h5-6,8-9,14,25H,7H2,1-4H3. The van der Waals surface area contributed by atoms with Crippen LogP contribution in [0.4, 0.5) is 8.78 Å². The van der Waals surface area contributed by atoms with Gasteiger partial charge in [-0.1, -0.05) is 23.7 Å². The van der Waals surface area contributed by atoms with Crippen molar-refractivity contribution in [3.8, 4) is 0 Å². The number of nitrogens with zero attached hydrogens (tertiary/aromatic N) is 2. The molecule has 1 N–H and O–H groups in total. The molecule has 0 fully saturated rings. The Morgan fingerprint density at radius 2 is 1.82 bits per heavy atom. The highest BCUT2D eigenvalue weighted by atomic mass is 79.9. The molecule has 1 aromatic carbocycles. The predicted octanol–water partition coefficient (Wildman–Crippen LogP) is 6.77. The summed E-state index contributed by atoms with van der Waals surface area (Å²) in [5.74, 6) is -1.16. The lowest BCUT2D eigenvalue weighted by molar-refractivity contribution is 0.572. The summed E-state index contributed by atoms with van der Waals surface area (Å²) in [7, 11) is 0. The number of rotatable bonds is 6. The van der Waals surface area contributed by atoms with Crippen molar-refractivity contribution in [3.05, 3.63) is 51.6 Å². The van der Waals surface area contributed by atoms with Gasteiger partial charge in [-0.15, -0.1) is 11.3 Å². The molecule has 0 bridgehead atoms. The Morgan fingerprint density at radius 1 is 1.14 bits per heavy atom. The van der Waals surface area contributed by atoms with Crippen molar-refractivity contribution < 1.29 is 8.78 Å². The summed E-state index contributed by atoms with van der Waals surface area (Å²) in [6, 6.07) is 5.37. The molecule has 0 spiro atoms. The maximum Gasteiger partial charge on any atom is 0.171 e. The van der Waals surface area contributed by atoms with Gasteiger partial charge in [-0.3, -0.25) is 4.72 Å². The minimum atomic E-state index is -0.580. The minimum Gasteiger partial charge on any atom is -0.254 e. The fourth-order valence-electron chi connectivity index (χ4n) is 2.57. The summed E-state index contributed by atoms with van der Waals surface area (Å²) in [4.78, 5) is 9.32. The molecule has 3 aromatic rings. The van der Waals surface area contributed by atoms with E-state index >= 15 is 0 Å². The van der Waals surface area contributed by atoms with Crippen molar-refractivity contribution in [3.63, 3.8) is 0 Å². The Hall–Kier alpha value is -0.740. The maximum absolute atomic E-state index is 13.7. The number of thioether (sulfide) groups is 1. The average molecular weight is 504 g/mol. The average Bonchev–Trinajstić information content (AvgIpc) is 2.98. The van der Waals surface area contributed by atoms with Gasteiger partial charge < -0.3 is 0 Å². The highest BCUT2D eigenvalue weighted by Crippen LogP contribution is 2.35. The molecule has 0 saturated carbocycles. The zero-order valence-corrected chi connectivity index (χ0v) is 19.9. The van der Waals surface area contributed by atoms with Crippen LogP contribution in [0.15, 0.2) is 33.1 Å². The summed E-state index contributed by atoms with van der Waals surface area (Å²) in [6.07, 6.45) is 2.38. The normalized spacial score (nSPS) is 13.2. The molecule has 1 atom stereocenters. The second-order valence-corrected chi connectivity index (χ2v) is 11.8. The fourth-order valence-corrected chi connectivity index (χ4v) is 5.47. The third kappa shape index (κ3) is 5.66. The van der Waals surface area contributed by atoms with Gasteiger partial charge in [0.25, 0.3) is 0 Å². The van der Waals surface area contributed by atoms with Gasteiger partial charge in [-0.25, -0.2) is 18.7 Å². The van der Waals surface area contributed by atoms with Crippen LogP contribution in [0.25, 0.3) is 10.3 Å². The van der Waals surface area contributed by atoms with Crippen LogP contribution in [-0.2, 0) is 6.42 Å².